The van der Waals surface area contributed by atoms with E-state index in [1.165, 1.54) is 0 Å². The van der Waals surface area contributed by atoms with Gasteiger partial charge in [0, 0.05) is 50.2 Å². The van der Waals surface area contributed by atoms with Gasteiger partial charge < -0.3 is 9.80 Å². The molecule has 0 N–H and O–H groups in total. The third-order valence-corrected chi connectivity index (χ3v) is 4.01. The van der Waals surface area contributed by atoms with Gasteiger partial charge in [-0.1, -0.05) is 0 Å². The molecule has 0 atom stereocenters. The van der Waals surface area contributed by atoms with E-state index >= 15 is 0 Å². The summed E-state index contributed by atoms with van der Waals surface area (Å²) in [5, 5.41) is 1.05. The van der Waals surface area contributed by atoms with Crippen molar-refractivity contribution in [3.63, 3.8) is 0 Å². The van der Waals surface area contributed by atoms with E-state index in [-0.39, 0.29) is 0 Å². The molecule has 1 fully saturated rings. The van der Waals surface area contributed by atoms with Gasteiger partial charge in [0.1, 0.15) is 11.6 Å². The number of rotatable bonds is 2. The second-order valence-corrected chi connectivity index (χ2v) is 5.51. The molecule has 0 unspecified atom stereocenters. The van der Waals surface area contributed by atoms with Crippen molar-refractivity contribution in [3.05, 3.63) is 42.7 Å². The van der Waals surface area contributed by atoms with Crippen LogP contribution in [0, 0.1) is 6.92 Å². The van der Waals surface area contributed by atoms with Crippen LogP contribution in [0.15, 0.2) is 36.9 Å². The highest BCUT2D eigenvalue weighted by Gasteiger charge is 2.21. The maximum absolute atomic E-state index is 4.66. The number of piperazine rings is 1. The number of pyridine rings is 1. The van der Waals surface area contributed by atoms with Crippen molar-refractivity contribution >= 4 is 22.7 Å². The molecule has 7 heteroatoms. The third-order valence-electron chi connectivity index (χ3n) is 4.01. The minimum atomic E-state index is 0.773. The summed E-state index contributed by atoms with van der Waals surface area (Å²) in [6, 6.07) is 3.82. The smallest absolute Gasteiger partial charge is 0.225 e. The van der Waals surface area contributed by atoms with E-state index in [9.17, 15) is 0 Å². The van der Waals surface area contributed by atoms with Gasteiger partial charge in [-0.3, -0.25) is 4.98 Å². The SMILES string of the molecule is Cc1nc(N2CCN(c3ncccn3)CC2)c2ccncc2n1. The Morgan fingerprint density at radius 3 is 2.43 bits per heavy atom. The Labute approximate surface area is 134 Å². The Hall–Kier alpha value is -2.83. The largest absolute Gasteiger partial charge is 0.352 e. The van der Waals surface area contributed by atoms with Crippen molar-refractivity contribution in [2.45, 2.75) is 6.92 Å². The van der Waals surface area contributed by atoms with Crippen molar-refractivity contribution in [2.24, 2.45) is 0 Å². The molecule has 1 aliphatic rings. The molecule has 0 aliphatic carbocycles. The Bertz CT molecular complexity index is 813. The zero-order chi connectivity index (χ0) is 15.6. The van der Waals surface area contributed by atoms with Gasteiger partial charge in [-0.05, 0) is 19.1 Å². The maximum atomic E-state index is 4.66. The lowest BCUT2D eigenvalue weighted by Gasteiger charge is -2.35. The predicted octanol–water partition coefficient (Wildman–Crippen LogP) is 1.45. The number of hydrogen-bond donors (Lipinski definition) is 0. The number of aryl methyl sites for hydroxylation is 1. The first-order valence-electron chi connectivity index (χ1n) is 7.66. The molecule has 4 rings (SSSR count). The standard InChI is InChI=1S/C16H17N7/c1-12-20-14-11-17-6-3-13(14)15(21-12)22-7-9-23(10-8-22)16-18-4-2-5-19-16/h2-6,11H,7-10H2,1H3. The minimum absolute atomic E-state index is 0.773. The molecule has 116 valence electrons. The molecule has 1 aliphatic heterocycles. The fourth-order valence-corrected chi connectivity index (χ4v) is 2.89. The Morgan fingerprint density at radius 1 is 0.913 bits per heavy atom. The van der Waals surface area contributed by atoms with Crippen molar-refractivity contribution in [3.8, 4) is 0 Å². The van der Waals surface area contributed by atoms with Gasteiger partial charge in [0.2, 0.25) is 5.95 Å². The second-order valence-electron chi connectivity index (χ2n) is 5.51. The van der Waals surface area contributed by atoms with E-state index in [0.717, 1.165) is 54.7 Å². The summed E-state index contributed by atoms with van der Waals surface area (Å²) in [7, 11) is 0. The molecule has 3 aromatic heterocycles. The van der Waals surface area contributed by atoms with Crippen LogP contribution in [0.4, 0.5) is 11.8 Å². The van der Waals surface area contributed by atoms with Crippen LogP contribution in [0.5, 0.6) is 0 Å². The van der Waals surface area contributed by atoms with Crippen LogP contribution in [0.2, 0.25) is 0 Å². The van der Waals surface area contributed by atoms with Crippen molar-refractivity contribution in [1.82, 2.24) is 24.9 Å². The fourth-order valence-electron chi connectivity index (χ4n) is 2.89. The summed E-state index contributed by atoms with van der Waals surface area (Å²) in [5.74, 6) is 2.55. The summed E-state index contributed by atoms with van der Waals surface area (Å²) < 4.78 is 0. The summed E-state index contributed by atoms with van der Waals surface area (Å²) >= 11 is 0. The predicted molar refractivity (Wildman–Crippen MR) is 88.5 cm³/mol. The molecule has 0 saturated carbocycles. The normalized spacial score (nSPS) is 15.2. The van der Waals surface area contributed by atoms with Crippen LogP contribution in [0.3, 0.4) is 0 Å². The summed E-state index contributed by atoms with van der Waals surface area (Å²) in [4.78, 5) is 26.4. The van der Waals surface area contributed by atoms with Gasteiger partial charge in [-0.15, -0.1) is 0 Å². The third kappa shape index (κ3) is 2.65. The Morgan fingerprint density at radius 2 is 1.65 bits per heavy atom. The van der Waals surface area contributed by atoms with E-state index in [2.05, 4.69) is 34.7 Å². The van der Waals surface area contributed by atoms with E-state index in [1.807, 2.05) is 19.1 Å². The van der Waals surface area contributed by atoms with Crippen molar-refractivity contribution < 1.29 is 0 Å². The maximum Gasteiger partial charge on any atom is 0.225 e. The lowest BCUT2D eigenvalue weighted by molar-refractivity contribution is 0.635. The molecule has 23 heavy (non-hydrogen) atoms. The van der Waals surface area contributed by atoms with Crippen LogP contribution in [-0.4, -0.2) is 51.1 Å². The highest BCUT2D eigenvalue weighted by Crippen LogP contribution is 2.24. The first-order chi connectivity index (χ1) is 11.3. The monoisotopic (exact) mass is 307 g/mol. The van der Waals surface area contributed by atoms with Gasteiger partial charge >= 0.3 is 0 Å². The van der Waals surface area contributed by atoms with Gasteiger partial charge in [0.15, 0.2) is 0 Å². The lowest BCUT2D eigenvalue weighted by atomic mass is 10.2. The quantitative estimate of drug-likeness (QED) is 0.709. The van der Waals surface area contributed by atoms with Crippen LogP contribution >= 0.6 is 0 Å². The van der Waals surface area contributed by atoms with E-state index < -0.39 is 0 Å². The fraction of sp³-hybridized carbons (Fsp3) is 0.312. The lowest BCUT2D eigenvalue weighted by Crippen LogP contribution is -2.47. The Balaban J connectivity index is 1.59. The van der Waals surface area contributed by atoms with Crippen LogP contribution < -0.4 is 9.80 Å². The van der Waals surface area contributed by atoms with Gasteiger partial charge in [0.05, 0.1) is 11.7 Å². The number of hydrogen-bond acceptors (Lipinski definition) is 7. The topological polar surface area (TPSA) is 70.9 Å². The highest BCUT2D eigenvalue weighted by atomic mass is 15.3. The highest BCUT2D eigenvalue weighted by molar-refractivity contribution is 5.88. The average Bonchev–Trinajstić information content (AvgIpc) is 2.62. The first kappa shape index (κ1) is 13.8. The molecule has 0 radical (unpaired) electrons. The second kappa shape index (κ2) is 5.75. The molecule has 0 spiro atoms. The number of aromatic nitrogens is 5. The number of anilines is 2. The number of fused-ring (bicyclic) bond motifs is 1. The summed E-state index contributed by atoms with van der Waals surface area (Å²) in [6.45, 7) is 5.43. The van der Waals surface area contributed by atoms with Gasteiger partial charge in [-0.25, -0.2) is 19.9 Å². The molecule has 0 amide bonds. The molecule has 4 heterocycles. The van der Waals surface area contributed by atoms with Crippen LogP contribution in [0.1, 0.15) is 5.82 Å². The van der Waals surface area contributed by atoms with E-state index in [4.69, 9.17) is 0 Å². The van der Waals surface area contributed by atoms with Gasteiger partial charge in [-0.2, -0.15) is 0 Å². The van der Waals surface area contributed by atoms with Crippen LogP contribution in [0.25, 0.3) is 10.9 Å². The molecule has 7 nitrogen and oxygen atoms in total. The molecule has 3 aromatic rings. The zero-order valence-electron chi connectivity index (χ0n) is 12.9. The van der Waals surface area contributed by atoms with Crippen molar-refractivity contribution in [1.29, 1.82) is 0 Å². The van der Waals surface area contributed by atoms with Crippen LogP contribution in [-0.2, 0) is 0 Å². The molecular weight excluding hydrogens is 290 g/mol. The molecular formula is C16H17N7. The minimum Gasteiger partial charge on any atom is -0.352 e. The average molecular weight is 307 g/mol. The van der Waals surface area contributed by atoms with Gasteiger partial charge in [0.25, 0.3) is 0 Å². The summed E-state index contributed by atoms with van der Waals surface area (Å²) in [6.07, 6.45) is 7.14. The molecule has 0 aromatic carbocycles. The summed E-state index contributed by atoms with van der Waals surface area (Å²) in [5.41, 5.74) is 0.892. The number of nitrogens with zero attached hydrogens (tertiary/aromatic N) is 7. The molecule has 0 bridgehead atoms. The zero-order valence-corrected chi connectivity index (χ0v) is 12.9. The Kier molecular flexibility index (Phi) is 3.45. The first-order valence-corrected chi connectivity index (χ1v) is 7.66. The molecule has 1 saturated heterocycles. The van der Waals surface area contributed by atoms with E-state index in [1.54, 1.807) is 24.8 Å². The van der Waals surface area contributed by atoms with E-state index in [0.29, 0.717) is 0 Å². The van der Waals surface area contributed by atoms with Crippen molar-refractivity contribution in [2.75, 3.05) is 36.0 Å².